The van der Waals surface area contributed by atoms with Crippen LogP contribution in [0.2, 0.25) is 0 Å². The van der Waals surface area contributed by atoms with E-state index in [-0.39, 0.29) is 11.6 Å². The lowest BCUT2D eigenvalue weighted by Crippen LogP contribution is -2.23. The van der Waals surface area contributed by atoms with E-state index in [2.05, 4.69) is 4.98 Å². The number of hydrogen-bond donors (Lipinski definition) is 0. The summed E-state index contributed by atoms with van der Waals surface area (Å²) in [6.07, 6.45) is 3.04. The predicted octanol–water partition coefficient (Wildman–Crippen LogP) is -0.839. The first-order chi connectivity index (χ1) is 7.56. The minimum atomic E-state index is -0.793. The Balaban J connectivity index is 2.56. The summed E-state index contributed by atoms with van der Waals surface area (Å²) >= 11 is 0. The molecule has 0 saturated heterocycles. The van der Waals surface area contributed by atoms with E-state index in [0.29, 0.717) is 0 Å². The Morgan fingerprint density at radius 1 is 1.12 bits per heavy atom. The van der Waals surface area contributed by atoms with Gasteiger partial charge in [-0.3, -0.25) is 4.57 Å². The van der Waals surface area contributed by atoms with E-state index < -0.39 is 17.6 Å². The van der Waals surface area contributed by atoms with E-state index >= 15 is 0 Å². The van der Waals surface area contributed by atoms with Crippen LogP contribution >= 0.6 is 0 Å². The molecule has 7 nitrogen and oxygen atoms in total. The van der Waals surface area contributed by atoms with Crippen molar-refractivity contribution >= 4 is 11.9 Å². The third-order valence-electron chi connectivity index (χ3n) is 1.78. The molecule has 0 bridgehead atoms. The highest BCUT2D eigenvalue weighted by atomic mass is 16.6. The van der Waals surface area contributed by atoms with Crippen molar-refractivity contribution in [1.82, 2.24) is 9.55 Å². The van der Waals surface area contributed by atoms with Crippen molar-refractivity contribution in [3.05, 3.63) is 28.8 Å². The maximum absolute atomic E-state index is 11.2. The highest BCUT2D eigenvalue weighted by Crippen LogP contribution is 2.23. The van der Waals surface area contributed by atoms with Gasteiger partial charge in [-0.05, 0) is 0 Å². The smallest absolute Gasteiger partial charge is 0.350 e. The van der Waals surface area contributed by atoms with Gasteiger partial charge in [0.1, 0.15) is 0 Å². The summed E-state index contributed by atoms with van der Waals surface area (Å²) in [5.74, 6) is -1.92. The molecule has 0 saturated carbocycles. The lowest BCUT2D eigenvalue weighted by Gasteiger charge is -2.10. The summed E-state index contributed by atoms with van der Waals surface area (Å²) < 4.78 is 10.6. The molecule has 1 aromatic rings. The van der Waals surface area contributed by atoms with Gasteiger partial charge in [0, 0.05) is 19.2 Å². The van der Waals surface area contributed by atoms with Crippen molar-refractivity contribution in [2.45, 2.75) is 0 Å². The number of esters is 2. The number of carbonyl (C=O) groups excluding carboxylic acids is 2. The maximum Gasteiger partial charge on any atom is 0.350 e. The van der Waals surface area contributed by atoms with Crippen LogP contribution in [0.25, 0.3) is 0 Å². The highest BCUT2D eigenvalue weighted by Gasteiger charge is 2.18. The zero-order valence-electron chi connectivity index (χ0n) is 8.17. The quantitative estimate of drug-likeness (QED) is 0.532. The van der Waals surface area contributed by atoms with Gasteiger partial charge in [0.15, 0.2) is 0 Å². The summed E-state index contributed by atoms with van der Waals surface area (Å²) in [6, 6.07) is 0. The molecule has 0 N–H and O–H groups in total. The van der Waals surface area contributed by atoms with Crippen molar-refractivity contribution in [3.63, 3.8) is 0 Å². The van der Waals surface area contributed by atoms with Crippen LogP contribution in [0.15, 0.2) is 23.1 Å². The molecule has 1 aromatic heterocycles. The third kappa shape index (κ3) is 1.83. The van der Waals surface area contributed by atoms with Gasteiger partial charge < -0.3 is 9.47 Å². The fourth-order valence-corrected chi connectivity index (χ4v) is 1.06. The van der Waals surface area contributed by atoms with Gasteiger partial charge in [0.05, 0.1) is 6.20 Å². The van der Waals surface area contributed by atoms with Crippen molar-refractivity contribution in [2.24, 2.45) is 7.05 Å². The highest BCUT2D eigenvalue weighted by molar-refractivity contribution is 5.94. The van der Waals surface area contributed by atoms with Crippen molar-refractivity contribution in [1.29, 1.82) is 0 Å². The Morgan fingerprint density at radius 2 is 1.75 bits per heavy atom. The molecule has 0 atom stereocenters. The van der Waals surface area contributed by atoms with E-state index in [4.69, 9.17) is 9.47 Å². The summed E-state index contributed by atoms with van der Waals surface area (Å²) in [6.45, 7) is 0. The molecule has 7 heteroatoms. The Labute approximate surface area is 88.9 Å². The number of fused-ring (bicyclic) bond motifs is 1. The topological polar surface area (TPSA) is 87.5 Å². The fraction of sp³-hybridized carbons (Fsp3) is 0.111. The van der Waals surface area contributed by atoms with Crippen LogP contribution in [0.1, 0.15) is 0 Å². The lowest BCUT2D eigenvalue weighted by molar-refractivity contribution is -0.133. The van der Waals surface area contributed by atoms with Crippen LogP contribution in [0, 0.1) is 0 Å². The SMILES string of the molecule is Cn1cc2c(nc1=O)OC(=O)/C=C\C(=O)O2. The molecule has 82 valence electrons. The number of aromatic nitrogens is 2. The van der Waals surface area contributed by atoms with Gasteiger partial charge in [0.25, 0.3) is 5.88 Å². The zero-order chi connectivity index (χ0) is 11.7. The third-order valence-corrected chi connectivity index (χ3v) is 1.78. The second-order valence-corrected chi connectivity index (χ2v) is 2.98. The monoisotopic (exact) mass is 222 g/mol. The molecule has 0 spiro atoms. The number of carbonyl (C=O) groups is 2. The largest absolute Gasteiger partial charge is 0.416 e. The molecule has 16 heavy (non-hydrogen) atoms. The Bertz CT molecular complexity index is 558. The van der Waals surface area contributed by atoms with E-state index in [1.807, 2.05) is 0 Å². The van der Waals surface area contributed by atoms with Crippen LogP contribution in [0.3, 0.4) is 0 Å². The second-order valence-electron chi connectivity index (χ2n) is 2.98. The van der Waals surface area contributed by atoms with E-state index in [0.717, 1.165) is 16.7 Å². The van der Waals surface area contributed by atoms with Gasteiger partial charge in [0.2, 0.25) is 5.75 Å². The Kier molecular flexibility index (Phi) is 2.28. The average Bonchev–Trinajstić information content (AvgIpc) is 2.21. The zero-order valence-corrected chi connectivity index (χ0v) is 8.17. The van der Waals surface area contributed by atoms with E-state index in [9.17, 15) is 14.4 Å². The first-order valence-electron chi connectivity index (χ1n) is 4.25. The normalized spacial score (nSPS) is 16.6. The Morgan fingerprint density at radius 3 is 2.44 bits per heavy atom. The number of nitrogens with zero attached hydrogens (tertiary/aromatic N) is 2. The minimum Gasteiger partial charge on any atom is -0.416 e. The second kappa shape index (κ2) is 3.61. The summed E-state index contributed by atoms with van der Waals surface area (Å²) in [5, 5.41) is 0. The average molecular weight is 222 g/mol. The van der Waals surface area contributed by atoms with Crippen LogP contribution < -0.4 is 15.2 Å². The van der Waals surface area contributed by atoms with Gasteiger partial charge >= 0.3 is 17.6 Å². The summed E-state index contributed by atoms with van der Waals surface area (Å²) in [5.41, 5.74) is -0.618. The number of aryl methyl sites for hydroxylation is 1. The predicted molar refractivity (Wildman–Crippen MR) is 49.9 cm³/mol. The lowest BCUT2D eigenvalue weighted by atomic mass is 10.4. The number of ether oxygens (including phenoxy) is 2. The van der Waals surface area contributed by atoms with Crippen LogP contribution in [0.5, 0.6) is 11.6 Å². The molecule has 0 amide bonds. The molecular formula is C9H6N2O5. The molecule has 0 aliphatic carbocycles. The van der Waals surface area contributed by atoms with Crippen molar-refractivity contribution in [2.75, 3.05) is 0 Å². The molecule has 2 heterocycles. The molecule has 0 unspecified atom stereocenters. The first kappa shape index (κ1) is 10.1. The maximum atomic E-state index is 11.2. The standard InChI is InChI=1S/C9H6N2O5/c1-11-4-5-8(10-9(11)14)16-7(13)3-2-6(12)15-5/h2-4H,1H3/b3-2-. The molecule has 1 aliphatic rings. The van der Waals surface area contributed by atoms with Crippen LogP contribution in [0.4, 0.5) is 0 Å². The number of rotatable bonds is 0. The van der Waals surface area contributed by atoms with E-state index in [1.165, 1.54) is 13.2 Å². The summed E-state index contributed by atoms with van der Waals surface area (Å²) in [4.78, 5) is 36.8. The molecule has 1 aliphatic heterocycles. The van der Waals surface area contributed by atoms with Gasteiger partial charge in [-0.1, -0.05) is 0 Å². The first-order valence-corrected chi connectivity index (χ1v) is 4.25. The molecule has 0 aromatic carbocycles. The molecule has 0 radical (unpaired) electrons. The van der Waals surface area contributed by atoms with Crippen molar-refractivity contribution in [3.8, 4) is 11.6 Å². The molecule has 0 fully saturated rings. The minimum absolute atomic E-state index is 0.0789. The fourth-order valence-electron chi connectivity index (χ4n) is 1.06. The molecular weight excluding hydrogens is 216 g/mol. The molecule has 2 rings (SSSR count). The van der Waals surface area contributed by atoms with Crippen molar-refractivity contribution < 1.29 is 19.1 Å². The van der Waals surface area contributed by atoms with Gasteiger partial charge in [-0.2, -0.15) is 4.98 Å². The van der Waals surface area contributed by atoms with Crippen LogP contribution in [-0.4, -0.2) is 21.5 Å². The van der Waals surface area contributed by atoms with Gasteiger partial charge in [-0.25, -0.2) is 14.4 Å². The summed E-state index contributed by atoms with van der Waals surface area (Å²) in [7, 11) is 1.43. The van der Waals surface area contributed by atoms with E-state index in [1.54, 1.807) is 0 Å². The number of hydrogen-bond acceptors (Lipinski definition) is 6. The van der Waals surface area contributed by atoms with Gasteiger partial charge in [-0.15, -0.1) is 0 Å². The Hall–Kier alpha value is -2.44. The van der Waals surface area contributed by atoms with Crippen LogP contribution in [-0.2, 0) is 16.6 Å².